The Kier molecular flexibility index (Phi) is 5.28. The van der Waals surface area contributed by atoms with Crippen molar-refractivity contribution < 1.29 is 19.0 Å². The van der Waals surface area contributed by atoms with E-state index in [-0.39, 0.29) is 12.8 Å². The van der Waals surface area contributed by atoms with Gasteiger partial charge in [-0.2, -0.15) is 0 Å². The van der Waals surface area contributed by atoms with E-state index in [1.165, 1.54) is 0 Å². The predicted octanol–water partition coefficient (Wildman–Crippen LogP) is 3.77. The van der Waals surface area contributed by atoms with E-state index in [2.05, 4.69) is 24.5 Å². The lowest BCUT2D eigenvalue weighted by Gasteiger charge is -2.14. The molecule has 0 aromatic heterocycles. The van der Waals surface area contributed by atoms with E-state index in [1.807, 2.05) is 42.5 Å². The first-order chi connectivity index (χ1) is 12.1. The second-order valence-corrected chi connectivity index (χ2v) is 6.20. The monoisotopic (exact) mass is 342 g/mol. The summed E-state index contributed by atoms with van der Waals surface area (Å²) in [4.78, 5) is 12.2. The molecular weight excluding hydrogens is 320 g/mol. The summed E-state index contributed by atoms with van der Waals surface area (Å²) >= 11 is 0. The first-order valence-corrected chi connectivity index (χ1v) is 8.27. The van der Waals surface area contributed by atoms with Gasteiger partial charge in [0, 0.05) is 6.54 Å². The van der Waals surface area contributed by atoms with Crippen molar-refractivity contribution in [3.8, 4) is 17.2 Å². The molecule has 0 saturated heterocycles. The highest BCUT2D eigenvalue weighted by Gasteiger charge is 2.13. The van der Waals surface area contributed by atoms with Crippen LogP contribution in [0, 0.1) is 5.92 Å². The van der Waals surface area contributed by atoms with Gasteiger partial charge in [0.15, 0.2) is 11.5 Å². The summed E-state index contributed by atoms with van der Waals surface area (Å²) in [7, 11) is 0. The number of rotatable bonds is 6. The van der Waals surface area contributed by atoms with Gasteiger partial charge in [0.2, 0.25) is 6.79 Å². The summed E-state index contributed by atoms with van der Waals surface area (Å²) in [5.41, 5.74) is 1.58. The average molecular weight is 342 g/mol. The smallest absolute Gasteiger partial charge is 0.319 e. The van der Waals surface area contributed by atoms with Crippen molar-refractivity contribution in [2.75, 3.05) is 18.7 Å². The van der Waals surface area contributed by atoms with Gasteiger partial charge in [-0.25, -0.2) is 4.79 Å². The first kappa shape index (κ1) is 17.0. The van der Waals surface area contributed by atoms with Gasteiger partial charge in [-0.1, -0.05) is 32.0 Å². The summed E-state index contributed by atoms with van der Waals surface area (Å²) in [6.45, 7) is 5.37. The predicted molar refractivity (Wildman–Crippen MR) is 95.2 cm³/mol. The van der Waals surface area contributed by atoms with E-state index in [0.29, 0.717) is 36.3 Å². The Morgan fingerprint density at radius 1 is 1.16 bits per heavy atom. The van der Waals surface area contributed by atoms with Crippen LogP contribution in [0.1, 0.15) is 19.4 Å². The lowest BCUT2D eigenvalue weighted by atomic mass is 10.2. The molecule has 0 fully saturated rings. The SMILES string of the molecule is CC(C)COc1ccccc1NC(=O)NCc1ccc2c(c1)OCO2. The fourth-order valence-electron chi connectivity index (χ4n) is 2.35. The number of urea groups is 1. The van der Waals surface area contributed by atoms with Crippen LogP contribution < -0.4 is 24.8 Å². The number of carbonyl (C=O) groups excluding carboxylic acids is 1. The maximum absolute atomic E-state index is 12.2. The quantitative estimate of drug-likeness (QED) is 0.838. The Morgan fingerprint density at radius 2 is 1.96 bits per heavy atom. The third-order valence-electron chi connectivity index (χ3n) is 3.60. The third kappa shape index (κ3) is 4.56. The van der Waals surface area contributed by atoms with Crippen LogP contribution in [0.4, 0.5) is 10.5 Å². The Balaban J connectivity index is 1.56. The first-order valence-electron chi connectivity index (χ1n) is 8.27. The number of benzene rings is 2. The van der Waals surface area contributed by atoms with Gasteiger partial charge < -0.3 is 24.8 Å². The minimum atomic E-state index is -0.293. The average Bonchev–Trinajstić information content (AvgIpc) is 3.07. The number of carbonyl (C=O) groups is 1. The second kappa shape index (κ2) is 7.79. The van der Waals surface area contributed by atoms with Gasteiger partial charge in [-0.05, 0) is 35.7 Å². The molecule has 1 aliphatic rings. The second-order valence-electron chi connectivity index (χ2n) is 6.20. The molecule has 0 atom stereocenters. The van der Waals surface area contributed by atoms with Crippen molar-refractivity contribution in [1.82, 2.24) is 5.32 Å². The van der Waals surface area contributed by atoms with Crippen molar-refractivity contribution in [1.29, 1.82) is 0 Å². The van der Waals surface area contributed by atoms with Crippen LogP contribution in [0.15, 0.2) is 42.5 Å². The third-order valence-corrected chi connectivity index (χ3v) is 3.60. The largest absolute Gasteiger partial charge is 0.491 e. The number of amides is 2. The molecule has 6 nitrogen and oxygen atoms in total. The van der Waals surface area contributed by atoms with Crippen molar-refractivity contribution in [2.24, 2.45) is 5.92 Å². The lowest BCUT2D eigenvalue weighted by molar-refractivity contribution is 0.174. The van der Waals surface area contributed by atoms with E-state index in [0.717, 1.165) is 11.3 Å². The molecule has 0 radical (unpaired) electrons. The molecule has 0 unspecified atom stereocenters. The highest BCUT2D eigenvalue weighted by Crippen LogP contribution is 2.32. The standard InChI is InChI=1S/C19H22N2O4/c1-13(2)11-23-16-6-4-3-5-15(16)21-19(22)20-10-14-7-8-17-18(9-14)25-12-24-17/h3-9,13H,10-12H2,1-2H3,(H2,20,21,22). The fourth-order valence-corrected chi connectivity index (χ4v) is 2.35. The van der Waals surface area contributed by atoms with E-state index in [4.69, 9.17) is 14.2 Å². The molecule has 0 aliphatic carbocycles. The summed E-state index contributed by atoms with van der Waals surface area (Å²) in [6.07, 6.45) is 0. The Labute approximate surface area is 147 Å². The zero-order valence-electron chi connectivity index (χ0n) is 14.4. The van der Waals surface area contributed by atoms with Crippen molar-refractivity contribution in [3.63, 3.8) is 0 Å². The molecule has 0 spiro atoms. The number of fused-ring (bicyclic) bond motifs is 1. The fraction of sp³-hybridized carbons (Fsp3) is 0.316. The van der Waals surface area contributed by atoms with E-state index < -0.39 is 0 Å². The Morgan fingerprint density at radius 3 is 2.80 bits per heavy atom. The number of para-hydroxylation sites is 2. The van der Waals surface area contributed by atoms with Crippen LogP contribution in [0.2, 0.25) is 0 Å². The molecule has 3 rings (SSSR count). The van der Waals surface area contributed by atoms with Crippen LogP contribution in [0.3, 0.4) is 0 Å². The maximum Gasteiger partial charge on any atom is 0.319 e. The molecule has 1 aliphatic heterocycles. The number of ether oxygens (including phenoxy) is 3. The number of anilines is 1. The van der Waals surface area contributed by atoms with Crippen molar-refractivity contribution in [3.05, 3.63) is 48.0 Å². The van der Waals surface area contributed by atoms with Gasteiger partial charge in [0.25, 0.3) is 0 Å². The normalized spacial score (nSPS) is 12.1. The van der Waals surface area contributed by atoms with Crippen LogP contribution in [-0.2, 0) is 6.54 Å². The highest BCUT2D eigenvalue weighted by molar-refractivity contribution is 5.90. The molecule has 2 aromatic carbocycles. The minimum absolute atomic E-state index is 0.236. The molecule has 1 heterocycles. The Bertz CT molecular complexity index is 746. The van der Waals surface area contributed by atoms with Gasteiger partial charge in [-0.3, -0.25) is 0 Å². The number of nitrogens with one attached hydrogen (secondary N) is 2. The molecule has 25 heavy (non-hydrogen) atoms. The molecule has 0 saturated carbocycles. The van der Waals surface area contributed by atoms with Gasteiger partial charge in [0.05, 0.1) is 12.3 Å². The summed E-state index contributed by atoms with van der Waals surface area (Å²) in [5.74, 6) is 2.50. The molecule has 6 heteroatoms. The van der Waals surface area contributed by atoms with Crippen LogP contribution >= 0.6 is 0 Å². The lowest BCUT2D eigenvalue weighted by Crippen LogP contribution is -2.28. The maximum atomic E-state index is 12.2. The molecule has 2 N–H and O–H groups in total. The Hall–Kier alpha value is -2.89. The molecule has 0 bridgehead atoms. The summed E-state index contributed by atoms with van der Waals surface area (Å²) in [5, 5.41) is 5.65. The molecular formula is C19H22N2O4. The van der Waals surface area contributed by atoms with E-state index in [1.54, 1.807) is 0 Å². The van der Waals surface area contributed by atoms with E-state index >= 15 is 0 Å². The minimum Gasteiger partial charge on any atom is -0.491 e. The van der Waals surface area contributed by atoms with E-state index in [9.17, 15) is 4.79 Å². The van der Waals surface area contributed by atoms with Crippen LogP contribution in [0.25, 0.3) is 0 Å². The van der Waals surface area contributed by atoms with Gasteiger partial charge in [0.1, 0.15) is 5.75 Å². The van der Waals surface area contributed by atoms with Crippen molar-refractivity contribution >= 4 is 11.7 Å². The van der Waals surface area contributed by atoms with Crippen molar-refractivity contribution in [2.45, 2.75) is 20.4 Å². The topological polar surface area (TPSA) is 68.8 Å². The highest BCUT2D eigenvalue weighted by atomic mass is 16.7. The van der Waals surface area contributed by atoms with Gasteiger partial charge in [-0.15, -0.1) is 0 Å². The number of hydrogen-bond acceptors (Lipinski definition) is 4. The summed E-state index contributed by atoms with van der Waals surface area (Å²) < 4.78 is 16.4. The summed E-state index contributed by atoms with van der Waals surface area (Å²) in [6, 6.07) is 12.7. The van der Waals surface area contributed by atoms with Crippen LogP contribution in [0.5, 0.6) is 17.2 Å². The van der Waals surface area contributed by atoms with Crippen LogP contribution in [-0.4, -0.2) is 19.4 Å². The number of hydrogen-bond donors (Lipinski definition) is 2. The zero-order valence-corrected chi connectivity index (χ0v) is 14.4. The molecule has 2 aromatic rings. The van der Waals surface area contributed by atoms with Gasteiger partial charge >= 0.3 is 6.03 Å². The molecule has 132 valence electrons. The zero-order chi connectivity index (χ0) is 17.6. The molecule has 2 amide bonds.